The van der Waals surface area contributed by atoms with Gasteiger partial charge in [0.1, 0.15) is 11.6 Å². The van der Waals surface area contributed by atoms with E-state index in [0.717, 1.165) is 43.1 Å². The van der Waals surface area contributed by atoms with Gasteiger partial charge in [0.15, 0.2) is 0 Å². The predicted molar refractivity (Wildman–Crippen MR) is 64.3 cm³/mol. The molecule has 0 bridgehead atoms. The average molecular weight is 207 g/mol. The molecule has 1 N–H and O–H groups in total. The van der Waals surface area contributed by atoms with Gasteiger partial charge in [-0.2, -0.15) is 0 Å². The molecule has 0 unspecified atom stereocenters. The minimum absolute atomic E-state index is 0.958. The monoisotopic (exact) mass is 207 g/mol. The lowest BCUT2D eigenvalue weighted by atomic mass is 10.2. The Hall–Kier alpha value is -1.12. The van der Waals surface area contributed by atoms with Gasteiger partial charge in [0, 0.05) is 24.2 Å². The average Bonchev–Trinajstić information content (AvgIpc) is 2.21. The molecule has 0 aliphatic carbocycles. The van der Waals surface area contributed by atoms with Crippen molar-refractivity contribution in [1.82, 2.24) is 9.97 Å². The van der Waals surface area contributed by atoms with Gasteiger partial charge >= 0.3 is 0 Å². The normalized spacial score (nSPS) is 10.4. The lowest BCUT2D eigenvalue weighted by Gasteiger charge is -2.11. The van der Waals surface area contributed by atoms with Gasteiger partial charge in [-0.25, -0.2) is 9.97 Å². The van der Waals surface area contributed by atoms with Crippen LogP contribution in [0.2, 0.25) is 0 Å². The molecule has 3 nitrogen and oxygen atoms in total. The van der Waals surface area contributed by atoms with E-state index in [1.807, 2.05) is 6.92 Å². The van der Waals surface area contributed by atoms with Gasteiger partial charge in [0.05, 0.1) is 0 Å². The summed E-state index contributed by atoms with van der Waals surface area (Å²) in [7, 11) is 0. The minimum atomic E-state index is 0.958. The first-order valence-electron chi connectivity index (χ1n) is 5.77. The second-order valence-electron chi connectivity index (χ2n) is 3.88. The van der Waals surface area contributed by atoms with Crippen molar-refractivity contribution in [3.63, 3.8) is 0 Å². The second kappa shape index (κ2) is 5.69. The minimum Gasteiger partial charge on any atom is -0.370 e. The highest BCUT2D eigenvalue weighted by atomic mass is 15.0. The first-order chi connectivity index (χ1) is 7.19. The van der Waals surface area contributed by atoms with E-state index in [9.17, 15) is 0 Å². The molecular weight excluding hydrogens is 186 g/mol. The van der Waals surface area contributed by atoms with Gasteiger partial charge in [0.2, 0.25) is 0 Å². The quantitative estimate of drug-likeness (QED) is 0.806. The summed E-state index contributed by atoms with van der Waals surface area (Å²) in [5.41, 5.74) is 2.26. The number of rotatable bonds is 5. The maximum atomic E-state index is 4.54. The van der Waals surface area contributed by atoms with Gasteiger partial charge in [-0.1, -0.05) is 13.8 Å². The van der Waals surface area contributed by atoms with E-state index in [0.29, 0.717) is 0 Å². The molecule has 0 radical (unpaired) electrons. The summed E-state index contributed by atoms with van der Waals surface area (Å²) in [4.78, 5) is 9.02. The maximum absolute atomic E-state index is 4.54. The Kier molecular flexibility index (Phi) is 4.53. The molecule has 0 aliphatic heterocycles. The van der Waals surface area contributed by atoms with Gasteiger partial charge in [-0.15, -0.1) is 0 Å². The fraction of sp³-hybridized carbons (Fsp3) is 0.667. The Bertz CT molecular complexity index is 321. The van der Waals surface area contributed by atoms with Crippen LogP contribution in [0.25, 0.3) is 0 Å². The maximum Gasteiger partial charge on any atom is 0.132 e. The Labute approximate surface area is 92.3 Å². The van der Waals surface area contributed by atoms with Crippen molar-refractivity contribution in [2.75, 3.05) is 11.9 Å². The summed E-state index contributed by atoms with van der Waals surface area (Å²) in [6.07, 6.45) is 3.17. The SMILES string of the molecule is CCCNc1nc(CCC)nc(C)c1C. The highest BCUT2D eigenvalue weighted by Gasteiger charge is 2.06. The summed E-state index contributed by atoms with van der Waals surface area (Å²) < 4.78 is 0. The van der Waals surface area contributed by atoms with E-state index in [2.05, 4.69) is 36.1 Å². The Morgan fingerprint density at radius 2 is 1.80 bits per heavy atom. The van der Waals surface area contributed by atoms with Crippen molar-refractivity contribution in [1.29, 1.82) is 0 Å². The first-order valence-corrected chi connectivity index (χ1v) is 5.77. The molecule has 84 valence electrons. The number of hydrogen-bond acceptors (Lipinski definition) is 3. The molecular formula is C12H21N3. The molecule has 0 amide bonds. The molecule has 0 atom stereocenters. The predicted octanol–water partition coefficient (Wildman–Crippen LogP) is 2.87. The third kappa shape index (κ3) is 3.18. The number of aryl methyl sites for hydroxylation is 2. The fourth-order valence-electron chi connectivity index (χ4n) is 1.44. The van der Waals surface area contributed by atoms with E-state index in [1.165, 1.54) is 5.56 Å². The smallest absolute Gasteiger partial charge is 0.132 e. The van der Waals surface area contributed by atoms with Crippen molar-refractivity contribution in [3.05, 3.63) is 17.1 Å². The van der Waals surface area contributed by atoms with Crippen LogP contribution in [0.15, 0.2) is 0 Å². The summed E-state index contributed by atoms with van der Waals surface area (Å²) >= 11 is 0. The van der Waals surface area contributed by atoms with Crippen LogP contribution in [0, 0.1) is 13.8 Å². The molecule has 0 aromatic carbocycles. The van der Waals surface area contributed by atoms with Crippen LogP contribution in [0.4, 0.5) is 5.82 Å². The molecule has 0 aliphatic rings. The number of hydrogen-bond donors (Lipinski definition) is 1. The van der Waals surface area contributed by atoms with Crippen molar-refractivity contribution < 1.29 is 0 Å². The Morgan fingerprint density at radius 3 is 2.40 bits per heavy atom. The van der Waals surface area contributed by atoms with Crippen LogP contribution in [0.1, 0.15) is 43.8 Å². The van der Waals surface area contributed by atoms with E-state index in [1.54, 1.807) is 0 Å². The summed E-state index contributed by atoms with van der Waals surface area (Å²) in [6, 6.07) is 0. The van der Waals surface area contributed by atoms with Gasteiger partial charge < -0.3 is 5.32 Å². The zero-order valence-corrected chi connectivity index (χ0v) is 10.2. The van der Waals surface area contributed by atoms with Crippen LogP contribution in [-0.4, -0.2) is 16.5 Å². The molecule has 0 fully saturated rings. The van der Waals surface area contributed by atoms with Crippen molar-refractivity contribution >= 4 is 5.82 Å². The second-order valence-corrected chi connectivity index (χ2v) is 3.88. The highest BCUT2D eigenvalue weighted by Crippen LogP contribution is 2.15. The fourth-order valence-corrected chi connectivity index (χ4v) is 1.44. The van der Waals surface area contributed by atoms with Crippen molar-refractivity contribution in [2.45, 2.75) is 47.0 Å². The lowest BCUT2D eigenvalue weighted by molar-refractivity contribution is 0.817. The van der Waals surface area contributed by atoms with Crippen LogP contribution >= 0.6 is 0 Å². The van der Waals surface area contributed by atoms with Gasteiger partial charge in [-0.05, 0) is 26.7 Å². The van der Waals surface area contributed by atoms with Crippen molar-refractivity contribution in [3.8, 4) is 0 Å². The Balaban J connectivity index is 2.91. The van der Waals surface area contributed by atoms with Gasteiger partial charge in [0.25, 0.3) is 0 Å². The first kappa shape index (κ1) is 12.0. The van der Waals surface area contributed by atoms with E-state index < -0.39 is 0 Å². The molecule has 0 spiro atoms. The number of nitrogens with zero attached hydrogens (tertiary/aromatic N) is 2. The number of aromatic nitrogens is 2. The van der Waals surface area contributed by atoms with E-state index in [4.69, 9.17) is 0 Å². The molecule has 1 aromatic rings. The highest BCUT2D eigenvalue weighted by molar-refractivity contribution is 5.45. The molecule has 1 aromatic heterocycles. The molecule has 3 heteroatoms. The van der Waals surface area contributed by atoms with Crippen LogP contribution in [0.5, 0.6) is 0 Å². The van der Waals surface area contributed by atoms with Crippen LogP contribution in [-0.2, 0) is 6.42 Å². The zero-order chi connectivity index (χ0) is 11.3. The summed E-state index contributed by atoms with van der Waals surface area (Å²) in [6.45, 7) is 9.40. The van der Waals surface area contributed by atoms with Crippen LogP contribution in [0.3, 0.4) is 0 Å². The topological polar surface area (TPSA) is 37.8 Å². The molecule has 15 heavy (non-hydrogen) atoms. The third-order valence-corrected chi connectivity index (χ3v) is 2.45. The number of anilines is 1. The summed E-state index contributed by atoms with van der Waals surface area (Å²) in [5.74, 6) is 1.96. The van der Waals surface area contributed by atoms with E-state index in [-0.39, 0.29) is 0 Å². The molecule has 0 saturated heterocycles. The molecule has 1 rings (SSSR count). The van der Waals surface area contributed by atoms with E-state index >= 15 is 0 Å². The molecule has 0 saturated carbocycles. The number of nitrogens with one attached hydrogen (secondary N) is 1. The van der Waals surface area contributed by atoms with Crippen LogP contribution < -0.4 is 5.32 Å². The lowest BCUT2D eigenvalue weighted by Crippen LogP contribution is -2.09. The third-order valence-electron chi connectivity index (χ3n) is 2.45. The standard InChI is InChI=1S/C12H21N3/c1-5-7-11-14-10(4)9(3)12(15-11)13-8-6-2/h5-8H2,1-4H3,(H,13,14,15). The molecule has 1 heterocycles. The zero-order valence-electron chi connectivity index (χ0n) is 10.2. The largest absolute Gasteiger partial charge is 0.370 e. The van der Waals surface area contributed by atoms with Crippen molar-refractivity contribution in [2.24, 2.45) is 0 Å². The summed E-state index contributed by atoms with van der Waals surface area (Å²) in [5, 5.41) is 3.35. The van der Waals surface area contributed by atoms with Gasteiger partial charge in [-0.3, -0.25) is 0 Å². The Morgan fingerprint density at radius 1 is 1.07 bits per heavy atom.